The minimum atomic E-state index is -0.180. The monoisotopic (exact) mass is 371 g/mol. The van der Waals surface area contributed by atoms with Crippen LogP contribution in [0.25, 0.3) is 0 Å². The zero-order valence-electron chi connectivity index (χ0n) is 16.9. The number of rotatable bonds is 2. The molecule has 0 radical (unpaired) electrons. The molecule has 4 heteroatoms. The number of carbonyl (C=O) groups excluding carboxylic acids is 1. The zero-order chi connectivity index (χ0) is 19.7. The van der Waals surface area contributed by atoms with Gasteiger partial charge in [0.15, 0.2) is 5.78 Å². The summed E-state index contributed by atoms with van der Waals surface area (Å²) in [6.45, 7) is 9.17. The number of Topliss-reactive ketones (excluding diaryl/α,β-unsaturated/α-hetero) is 1. The van der Waals surface area contributed by atoms with Crippen molar-refractivity contribution in [1.29, 1.82) is 0 Å². The number of phenolic OH excluding ortho intramolecular Hbond substituents is 2. The lowest BCUT2D eigenvalue weighted by atomic mass is 9.50. The van der Waals surface area contributed by atoms with Gasteiger partial charge in [0.05, 0.1) is 0 Å². The van der Waals surface area contributed by atoms with Crippen molar-refractivity contribution in [2.75, 3.05) is 0 Å². The second-order valence-electron chi connectivity index (χ2n) is 9.95. The lowest BCUT2D eigenvalue weighted by Crippen LogP contribution is -2.56. The fourth-order valence-corrected chi connectivity index (χ4v) is 7.62. The van der Waals surface area contributed by atoms with Gasteiger partial charge in [-0.25, -0.2) is 0 Å². The molecule has 0 aromatic heterocycles. The first kappa shape index (κ1) is 18.8. The minimum absolute atomic E-state index is 0.00989. The summed E-state index contributed by atoms with van der Waals surface area (Å²) in [7, 11) is 0. The van der Waals surface area contributed by atoms with Crippen LogP contribution >= 0.6 is 0 Å². The van der Waals surface area contributed by atoms with Crippen LogP contribution in [0.5, 0.6) is 11.5 Å². The molecule has 3 aliphatic rings. The van der Waals surface area contributed by atoms with Crippen LogP contribution in [-0.4, -0.2) is 22.0 Å². The van der Waals surface area contributed by atoms with Gasteiger partial charge in [0, 0.05) is 23.6 Å². The Kier molecular flexibility index (Phi) is 4.16. The Morgan fingerprint density at radius 1 is 1.15 bits per heavy atom. The van der Waals surface area contributed by atoms with Gasteiger partial charge in [0.2, 0.25) is 0 Å². The highest BCUT2D eigenvalue weighted by molar-refractivity contribution is 5.99. The third-order valence-electron chi connectivity index (χ3n) is 8.80. The lowest BCUT2D eigenvalue weighted by molar-refractivity contribution is -0.0318. The highest BCUT2D eigenvalue weighted by Gasteiger charge is 2.76. The van der Waals surface area contributed by atoms with E-state index in [1.54, 1.807) is 0 Å². The van der Waals surface area contributed by atoms with Crippen LogP contribution < -0.4 is 5.73 Å². The van der Waals surface area contributed by atoms with Gasteiger partial charge in [0.1, 0.15) is 11.5 Å². The summed E-state index contributed by atoms with van der Waals surface area (Å²) >= 11 is 0. The van der Waals surface area contributed by atoms with Crippen LogP contribution in [0, 0.1) is 40.4 Å². The molecule has 1 aromatic rings. The largest absolute Gasteiger partial charge is 0.508 e. The van der Waals surface area contributed by atoms with Crippen LogP contribution in [0.3, 0.4) is 0 Å². The second-order valence-corrected chi connectivity index (χ2v) is 9.95. The fraction of sp³-hybridized carbons (Fsp3) is 0.696. The molecule has 3 saturated carbocycles. The molecule has 148 valence electrons. The maximum absolute atomic E-state index is 13.7. The molecular weight excluding hydrogens is 338 g/mol. The van der Waals surface area contributed by atoms with E-state index in [-0.39, 0.29) is 46.0 Å². The molecule has 1 spiro atoms. The van der Waals surface area contributed by atoms with Crippen molar-refractivity contribution >= 4 is 5.78 Å². The third-order valence-corrected chi connectivity index (χ3v) is 8.80. The van der Waals surface area contributed by atoms with E-state index in [0.717, 1.165) is 19.3 Å². The van der Waals surface area contributed by atoms with Crippen LogP contribution in [0.15, 0.2) is 18.2 Å². The maximum atomic E-state index is 13.7. The average Bonchev–Trinajstić information content (AvgIpc) is 3.19. The van der Waals surface area contributed by atoms with Crippen LogP contribution in [0.2, 0.25) is 0 Å². The summed E-state index contributed by atoms with van der Waals surface area (Å²) in [6.07, 6.45) is 4.44. The Bertz CT molecular complexity index is 757. The molecule has 27 heavy (non-hydrogen) atoms. The van der Waals surface area contributed by atoms with Gasteiger partial charge in [-0.3, -0.25) is 4.79 Å². The number of hydrogen-bond donors (Lipinski definition) is 3. The summed E-state index contributed by atoms with van der Waals surface area (Å²) < 4.78 is 0. The molecule has 0 aliphatic heterocycles. The predicted molar refractivity (Wildman–Crippen MR) is 106 cm³/mol. The van der Waals surface area contributed by atoms with Crippen molar-refractivity contribution in [2.45, 2.75) is 59.4 Å². The van der Waals surface area contributed by atoms with Crippen molar-refractivity contribution in [2.24, 2.45) is 46.2 Å². The SMILES string of the molecule is CC1CCC[C@]2(C)[C@@H](C(=O)c3cc(O)cc(O)c3)[C@H](C)[C@H](N)C[C@@]23C(C)C13. The van der Waals surface area contributed by atoms with Crippen molar-refractivity contribution in [3.05, 3.63) is 23.8 Å². The molecule has 0 bridgehead atoms. The van der Waals surface area contributed by atoms with Gasteiger partial charge in [0.25, 0.3) is 0 Å². The fourth-order valence-electron chi connectivity index (χ4n) is 7.62. The molecule has 3 fully saturated rings. The summed E-state index contributed by atoms with van der Waals surface area (Å²) in [4.78, 5) is 13.7. The van der Waals surface area contributed by atoms with Crippen molar-refractivity contribution in [3.63, 3.8) is 0 Å². The van der Waals surface area contributed by atoms with E-state index in [9.17, 15) is 15.0 Å². The van der Waals surface area contributed by atoms with Crippen molar-refractivity contribution < 1.29 is 15.0 Å². The highest BCUT2D eigenvalue weighted by Crippen LogP contribution is 2.79. The van der Waals surface area contributed by atoms with E-state index in [1.807, 2.05) is 0 Å². The highest BCUT2D eigenvalue weighted by atomic mass is 16.3. The van der Waals surface area contributed by atoms with E-state index in [1.165, 1.54) is 24.6 Å². The molecular formula is C23H33NO3. The Hall–Kier alpha value is -1.55. The molecule has 3 aliphatic carbocycles. The summed E-state index contributed by atoms with van der Waals surface area (Å²) in [5.74, 6) is 1.72. The molecule has 0 saturated heterocycles. The molecule has 0 heterocycles. The van der Waals surface area contributed by atoms with E-state index in [2.05, 4.69) is 27.7 Å². The summed E-state index contributed by atoms with van der Waals surface area (Å²) in [5.41, 5.74) is 7.09. The Balaban J connectivity index is 1.82. The third kappa shape index (κ3) is 2.41. The first-order chi connectivity index (χ1) is 12.6. The summed E-state index contributed by atoms with van der Waals surface area (Å²) in [5, 5.41) is 19.8. The van der Waals surface area contributed by atoms with Gasteiger partial charge in [-0.05, 0) is 59.5 Å². The molecule has 4 N–H and O–H groups in total. The lowest BCUT2D eigenvalue weighted by Gasteiger charge is -2.54. The van der Waals surface area contributed by atoms with E-state index < -0.39 is 0 Å². The van der Waals surface area contributed by atoms with Gasteiger partial charge >= 0.3 is 0 Å². The van der Waals surface area contributed by atoms with E-state index >= 15 is 0 Å². The number of carbonyl (C=O) groups is 1. The van der Waals surface area contributed by atoms with Gasteiger partial charge in [-0.2, -0.15) is 0 Å². The number of ketones is 1. The summed E-state index contributed by atoms with van der Waals surface area (Å²) in [6, 6.07) is 4.24. The smallest absolute Gasteiger partial charge is 0.167 e. The first-order valence-electron chi connectivity index (χ1n) is 10.5. The Morgan fingerprint density at radius 2 is 1.78 bits per heavy atom. The zero-order valence-corrected chi connectivity index (χ0v) is 16.9. The molecule has 4 rings (SSSR count). The van der Waals surface area contributed by atoms with Gasteiger partial charge in [-0.15, -0.1) is 0 Å². The number of aromatic hydroxyl groups is 2. The van der Waals surface area contributed by atoms with Crippen molar-refractivity contribution in [1.82, 2.24) is 0 Å². The van der Waals surface area contributed by atoms with Crippen LogP contribution in [0.4, 0.5) is 0 Å². The molecule has 0 amide bonds. The second kappa shape index (κ2) is 5.97. The maximum Gasteiger partial charge on any atom is 0.167 e. The topological polar surface area (TPSA) is 83.5 Å². The van der Waals surface area contributed by atoms with Crippen LogP contribution in [-0.2, 0) is 0 Å². The quantitative estimate of drug-likeness (QED) is 0.675. The van der Waals surface area contributed by atoms with E-state index in [0.29, 0.717) is 23.3 Å². The van der Waals surface area contributed by atoms with Gasteiger partial charge in [-0.1, -0.05) is 40.5 Å². The molecule has 8 atom stereocenters. The average molecular weight is 372 g/mol. The number of hydrogen-bond acceptors (Lipinski definition) is 4. The van der Waals surface area contributed by atoms with Crippen LogP contribution in [0.1, 0.15) is 63.7 Å². The van der Waals surface area contributed by atoms with Gasteiger partial charge < -0.3 is 15.9 Å². The molecule has 4 nitrogen and oxygen atoms in total. The normalized spacial score (nSPS) is 46.1. The Labute approximate surface area is 162 Å². The predicted octanol–water partition coefficient (Wildman–Crippen LogP) is 4.34. The Morgan fingerprint density at radius 3 is 2.41 bits per heavy atom. The van der Waals surface area contributed by atoms with E-state index in [4.69, 9.17) is 5.73 Å². The standard InChI is InChI=1S/C23H33NO3/c1-12-6-5-7-22(4)20(21(27)15-8-16(25)10-17(26)9-15)13(2)18(24)11-23(22)14(3)19(12)23/h8-10,12-14,18-20,25-26H,5-7,11,24H2,1-4H3/t12?,13-,14?,18-,19?,20-,22-,23+/m1/s1. The number of nitrogens with two attached hydrogens (primary N) is 1. The minimum Gasteiger partial charge on any atom is -0.508 e. The molecule has 1 aromatic carbocycles. The molecule has 3 unspecified atom stereocenters. The number of phenols is 2. The first-order valence-corrected chi connectivity index (χ1v) is 10.5. The van der Waals surface area contributed by atoms with Crippen molar-refractivity contribution in [3.8, 4) is 11.5 Å². The number of benzene rings is 1.